The first-order chi connectivity index (χ1) is 11.2. The quantitative estimate of drug-likeness (QED) is 0.799. The van der Waals surface area contributed by atoms with Crippen molar-refractivity contribution < 1.29 is 18.7 Å². The van der Waals surface area contributed by atoms with E-state index in [2.05, 4.69) is 4.98 Å². The van der Waals surface area contributed by atoms with Gasteiger partial charge in [-0.1, -0.05) is 23.7 Å². The number of ether oxygens (including phenoxy) is 2. The van der Waals surface area contributed by atoms with Gasteiger partial charge in [0, 0.05) is 11.6 Å². The summed E-state index contributed by atoms with van der Waals surface area (Å²) in [5.74, 6) is -0.481. The van der Waals surface area contributed by atoms with E-state index < -0.39 is 5.97 Å². The van der Waals surface area contributed by atoms with E-state index in [0.29, 0.717) is 37.3 Å². The summed E-state index contributed by atoms with van der Waals surface area (Å²) in [7, 11) is 0. The number of nitrogens with zero attached hydrogens (tertiary/aromatic N) is 2. The molecule has 7 heteroatoms. The molecule has 122 valence electrons. The Kier molecular flexibility index (Phi) is 4.83. The number of rotatable bonds is 4. The molecule has 1 aromatic carbocycles. The maximum atomic E-state index is 11.7. The van der Waals surface area contributed by atoms with Gasteiger partial charge in [0.1, 0.15) is 12.4 Å². The van der Waals surface area contributed by atoms with Crippen molar-refractivity contribution in [3.8, 4) is 0 Å². The molecule has 2 heterocycles. The zero-order valence-electron chi connectivity index (χ0n) is 12.7. The number of aromatic nitrogens is 1. The number of morpholine rings is 1. The van der Waals surface area contributed by atoms with Gasteiger partial charge in [-0.3, -0.25) is 0 Å². The molecule has 1 fully saturated rings. The van der Waals surface area contributed by atoms with Crippen molar-refractivity contribution in [1.29, 1.82) is 0 Å². The zero-order valence-corrected chi connectivity index (χ0v) is 13.5. The summed E-state index contributed by atoms with van der Waals surface area (Å²) in [6.07, 6.45) is 1.22. The van der Waals surface area contributed by atoms with Crippen LogP contribution >= 0.6 is 11.6 Å². The van der Waals surface area contributed by atoms with Gasteiger partial charge in [0.05, 0.1) is 19.8 Å². The Morgan fingerprint density at radius 1 is 1.43 bits per heavy atom. The Morgan fingerprint density at radius 2 is 2.22 bits per heavy atom. The van der Waals surface area contributed by atoms with Crippen LogP contribution in [0.25, 0.3) is 0 Å². The highest BCUT2D eigenvalue weighted by Crippen LogP contribution is 2.26. The van der Waals surface area contributed by atoms with Crippen molar-refractivity contribution in [2.24, 2.45) is 0 Å². The maximum Gasteiger partial charge on any atom is 0.360 e. The third kappa shape index (κ3) is 3.65. The molecule has 0 amide bonds. The Balaban J connectivity index is 1.71. The van der Waals surface area contributed by atoms with Gasteiger partial charge in [0.15, 0.2) is 5.69 Å². The normalized spacial score (nSPS) is 18.0. The first kappa shape index (κ1) is 15.8. The fraction of sp³-hybridized carbons (Fsp3) is 0.375. The molecule has 0 aliphatic carbocycles. The number of benzene rings is 1. The lowest BCUT2D eigenvalue weighted by molar-refractivity contribution is 0.0380. The lowest BCUT2D eigenvalue weighted by atomic mass is 10.1. The van der Waals surface area contributed by atoms with Crippen molar-refractivity contribution in [2.45, 2.75) is 13.0 Å². The summed E-state index contributed by atoms with van der Waals surface area (Å²) in [4.78, 5) is 17.8. The van der Waals surface area contributed by atoms with Crippen molar-refractivity contribution in [2.75, 3.05) is 31.2 Å². The molecule has 0 spiro atoms. The molecule has 1 aromatic heterocycles. The molecule has 0 bridgehead atoms. The predicted octanol–water partition coefficient (Wildman–Crippen LogP) is 3.08. The summed E-state index contributed by atoms with van der Waals surface area (Å²) in [5.41, 5.74) is 1.22. The fourth-order valence-electron chi connectivity index (χ4n) is 2.41. The number of hydrogen-bond donors (Lipinski definition) is 0. The van der Waals surface area contributed by atoms with E-state index in [9.17, 15) is 4.79 Å². The Hall–Kier alpha value is -2.05. The highest BCUT2D eigenvalue weighted by Gasteiger charge is 2.26. The first-order valence-electron chi connectivity index (χ1n) is 7.42. The van der Waals surface area contributed by atoms with Crippen LogP contribution in [0.4, 0.5) is 6.01 Å². The molecular formula is C16H17ClN2O4. The van der Waals surface area contributed by atoms with E-state index in [-0.39, 0.29) is 11.8 Å². The highest BCUT2D eigenvalue weighted by molar-refractivity contribution is 6.30. The average Bonchev–Trinajstić information content (AvgIpc) is 3.06. The topological polar surface area (TPSA) is 64.8 Å². The number of carbonyl (C=O) groups is 1. The van der Waals surface area contributed by atoms with Crippen LogP contribution in [0, 0.1) is 0 Å². The molecule has 0 radical (unpaired) electrons. The maximum absolute atomic E-state index is 11.7. The summed E-state index contributed by atoms with van der Waals surface area (Å²) in [5, 5.41) is 0.688. The average molecular weight is 337 g/mol. The molecule has 6 nitrogen and oxygen atoms in total. The van der Waals surface area contributed by atoms with E-state index >= 15 is 0 Å². The van der Waals surface area contributed by atoms with Gasteiger partial charge in [0.2, 0.25) is 0 Å². The lowest BCUT2D eigenvalue weighted by Gasteiger charge is -2.32. The molecule has 0 N–H and O–H groups in total. The van der Waals surface area contributed by atoms with Gasteiger partial charge in [-0.25, -0.2) is 4.79 Å². The largest absolute Gasteiger partial charge is 0.461 e. The van der Waals surface area contributed by atoms with Gasteiger partial charge in [-0.15, -0.1) is 0 Å². The fourth-order valence-corrected chi connectivity index (χ4v) is 2.54. The Labute approximate surface area is 139 Å². The van der Waals surface area contributed by atoms with Gasteiger partial charge in [0.25, 0.3) is 6.01 Å². The first-order valence-corrected chi connectivity index (χ1v) is 7.80. The van der Waals surface area contributed by atoms with Gasteiger partial charge in [-0.05, 0) is 24.6 Å². The standard InChI is InChI=1S/C16H17ClN2O4/c1-2-21-15(20)13-10-23-16(18-13)19-7-8-22-14(9-19)11-3-5-12(17)6-4-11/h3-6,10,14H,2,7-9H2,1H3/t14-/m1/s1. The van der Waals surface area contributed by atoms with E-state index in [0.717, 1.165) is 5.56 Å². The molecule has 0 saturated carbocycles. The van der Waals surface area contributed by atoms with Gasteiger partial charge < -0.3 is 18.8 Å². The second kappa shape index (κ2) is 7.02. The summed E-state index contributed by atoms with van der Waals surface area (Å²) < 4.78 is 16.1. The van der Waals surface area contributed by atoms with E-state index in [1.807, 2.05) is 29.2 Å². The second-order valence-electron chi connectivity index (χ2n) is 5.09. The number of oxazole rings is 1. The Bertz CT molecular complexity index is 671. The number of carbonyl (C=O) groups excluding carboxylic acids is 1. The van der Waals surface area contributed by atoms with Crippen LogP contribution in [0.15, 0.2) is 34.9 Å². The van der Waals surface area contributed by atoms with Crippen molar-refractivity contribution in [1.82, 2.24) is 4.98 Å². The summed E-state index contributed by atoms with van der Waals surface area (Å²) in [6.45, 7) is 3.83. The zero-order chi connectivity index (χ0) is 16.2. The van der Waals surface area contributed by atoms with Crippen LogP contribution in [0.2, 0.25) is 5.02 Å². The molecule has 23 heavy (non-hydrogen) atoms. The highest BCUT2D eigenvalue weighted by atomic mass is 35.5. The predicted molar refractivity (Wildman–Crippen MR) is 84.8 cm³/mol. The van der Waals surface area contributed by atoms with E-state index in [1.165, 1.54) is 6.26 Å². The molecule has 2 aromatic rings. The smallest absolute Gasteiger partial charge is 0.360 e. The number of anilines is 1. The second-order valence-corrected chi connectivity index (χ2v) is 5.53. The van der Waals surface area contributed by atoms with Crippen LogP contribution in [0.3, 0.4) is 0 Å². The van der Waals surface area contributed by atoms with E-state index in [1.54, 1.807) is 6.92 Å². The molecule has 1 aliphatic rings. The Morgan fingerprint density at radius 3 is 2.96 bits per heavy atom. The molecule has 3 rings (SSSR count). The summed E-state index contributed by atoms with van der Waals surface area (Å²) >= 11 is 5.91. The van der Waals surface area contributed by atoms with Crippen molar-refractivity contribution in [3.05, 3.63) is 46.8 Å². The molecular weight excluding hydrogens is 320 g/mol. The van der Waals surface area contributed by atoms with Crippen LogP contribution in [-0.4, -0.2) is 37.3 Å². The third-order valence-electron chi connectivity index (χ3n) is 3.56. The minimum Gasteiger partial charge on any atom is -0.461 e. The number of esters is 1. The van der Waals surface area contributed by atoms with Gasteiger partial charge in [-0.2, -0.15) is 4.98 Å². The lowest BCUT2D eigenvalue weighted by Crippen LogP contribution is -2.38. The molecule has 1 saturated heterocycles. The van der Waals surface area contributed by atoms with Crippen LogP contribution in [-0.2, 0) is 9.47 Å². The van der Waals surface area contributed by atoms with E-state index in [4.69, 9.17) is 25.5 Å². The van der Waals surface area contributed by atoms with Crippen molar-refractivity contribution >= 4 is 23.6 Å². The molecule has 0 unspecified atom stereocenters. The summed E-state index contributed by atoms with van der Waals surface area (Å²) in [6, 6.07) is 7.95. The van der Waals surface area contributed by atoms with Crippen LogP contribution < -0.4 is 4.90 Å². The van der Waals surface area contributed by atoms with Crippen LogP contribution in [0.5, 0.6) is 0 Å². The van der Waals surface area contributed by atoms with Crippen molar-refractivity contribution in [3.63, 3.8) is 0 Å². The van der Waals surface area contributed by atoms with Gasteiger partial charge >= 0.3 is 5.97 Å². The molecule has 1 aliphatic heterocycles. The number of halogens is 1. The van der Waals surface area contributed by atoms with Crippen LogP contribution in [0.1, 0.15) is 29.1 Å². The minimum atomic E-state index is -0.481. The molecule has 1 atom stereocenters. The monoisotopic (exact) mass is 336 g/mol. The number of hydrogen-bond acceptors (Lipinski definition) is 6. The third-order valence-corrected chi connectivity index (χ3v) is 3.81. The SMILES string of the molecule is CCOC(=O)c1coc(N2CCO[C@@H](c3ccc(Cl)cc3)C2)n1. The minimum absolute atomic E-state index is 0.0982.